The molecule has 1 unspecified atom stereocenters. The third-order valence-electron chi connectivity index (χ3n) is 4.39. The lowest BCUT2D eigenvalue weighted by molar-refractivity contribution is 0.0957. The lowest BCUT2D eigenvalue weighted by Gasteiger charge is -2.21. The third-order valence-corrected chi connectivity index (χ3v) is 5.25. The van der Waals surface area contributed by atoms with Gasteiger partial charge in [-0.25, -0.2) is 0 Å². The van der Waals surface area contributed by atoms with E-state index in [1.165, 1.54) is 30.7 Å². The maximum Gasteiger partial charge on any atom is 0.261 e. The van der Waals surface area contributed by atoms with E-state index in [1.54, 1.807) is 0 Å². The maximum absolute atomic E-state index is 11.9. The van der Waals surface area contributed by atoms with Gasteiger partial charge in [0.25, 0.3) is 5.91 Å². The molecule has 0 radical (unpaired) electrons. The van der Waals surface area contributed by atoms with Gasteiger partial charge in [-0.1, -0.05) is 13.0 Å². The van der Waals surface area contributed by atoms with E-state index < -0.39 is 0 Å². The Morgan fingerprint density at radius 2 is 2.16 bits per heavy atom. The predicted octanol–water partition coefficient (Wildman–Crippen LogP) is 1.91. The van der Waals surface area contributed by atoms with E-state index in [0.717, 1.165) is 43.4 Å². The number of aliphatic imine (C=N–C) groups is 1. The molecule has 0 saturated carbocycles. The summed E-state index contributed by atoms with van der Waals surface area (Å²) in [4.78, 5) is 19.9. The van der Waals surface area contributed by atoms with Crippen LogP contribution in [0, 0.1) is 0 Å². The molecule has 1 amide bonds. The van der Waals surface area contributed by atoms with Gasteiger partial charge in [-0.2, -0.15) is 0 Å². The van der Waals surface area contributed by atoms with Crippen LogP contribution in [0.15, 0.2) is 22.5 Å². The Morgan fingerprint density at radius 1 is 1.32 bits per heavy atom. The first-order valence-electron chi connectivity index (χ1n) is 9.32. The molecule has 2 heterocycles. The Morgan fingerprint density at radius 3 is 2.88 bits per heavy atom. The number of hydrogen-bond acceptors (Lipinski definition) is 4. The fraction of sp³-hybridized carbons (Fsp3) is 0.667. The Kier molecular flexibility index (Phi) is 8.76. The van der Waals surface area contributed by atoms with Crippen LogP contribution in [0.2, 0.25) is 0 Å². The molecule has 3 N–H and O–H groups in total. The van der Waals surface area contributed by atoms with Gasteiger partial charge >= 0.3 is 0 Å². The Hall–Kier alpha value is -1.60. The van der Waals surface area contributed by atoms with Crippen molar-refractivity contribution in [1.82, 2.24) is 20.9 Å². The normalized spacial score (nSPS) is 18.3. The zero-order valence-corrected chi connectivity index (χ0v) is 16.2. The van der Waals surface area contributed by atoms with Crippen LogP contribution >= 0.6 is 11.3 Å². The van der Waals surface area contributed by atoms with Crippen LogP contribution in [0.4, 0.5) is 0 Å². The predicted molar refractivity (Wildman–Crippen MR) is 106 cm³/mol. The van der Waals surface area contributed by atoms with Gasteiger partial charge in [-0.05, 0) is 50.7 Å². The topological polar surface area (TPSA) is 68.8 Å². The first kappa shape index (κ1) is 19.7. The van der Waals surface area contributed by atoms with E-state index in [-0.39, 0.29) is 5.91 Å². The van der Waals surface area contributed by atoms with E-state index in [4.69, 9.17) is 4.99 Å². The summed E-state index contributed by atoms with van der Waals surface area (Å²) in [5.41, 5.74) is 0. The second-order valence-corrected chi connectivity index (χ2v) is 7.11. The van der Waals surface area contributed by atoms with Crippen LogP contribution in [0.25, 0.3) is 0 Å². The van der Waals surface area contributed by atoms with Gasteiger partial charge in [-0.15, -0.1) is 11.3 Å². The van der Waals surface area contributed by atoms with E-state index in [1.807, 2.05) is 17.5 Å². The number of guanidine groups is 1. The zero-order chi connectivity index (χ0) is 17.9. The van der Waals surface area contributed by atoms with Gasteiger partial charge in [0, 0.05) is 25.7 Å². The van der Waals surface area contributed by atoms with Crippen LogP contribution in [-0.4, -0.2) is 62.1 Å². The number of rotatable bonds is 9. The number of hydrogen-bond donors (Lipinski definition) is 3. The van der Waals surface area contributed by atoms with Crippen molar-refractivity contribution in [3.05, 3.63) is 22.4 Å². The minimum Gasteiger partial charge on any atom is -0.357 e. The van der Waals surface area contributed by atoms with Crippen LogP contribution in [0.1, 0.15) is 42.8 Å². The minimum atomic E-state index is 0.0106. The number of nitrogens with zero attached hydrogens (tertiary/aromatic N) is 2. The van der Waals surface area contributed by atoms with Crippen molar-refractivity contribution in [2.24, 2.45) is 4.99 Å². The van der Waals surface area contributed by atoms with Crippen LogP contribution in [0.5, 0.6) is 0 Å². The fourth-order valence-electron chi connectivity index (χ4n) is 3.05. The second-order valence-electron chi connectivity index (χ2n) is 6.16. The Bertz CT molecular complexity index is 532. The smallest absolute Gasteiger partial charge is 0.261 e. The van der Waals surface area contributed by atoms with Crippen molar-refractivity contribution >= 4 is 23.2 Å². The molecule has 2 rings (SSSR count). The molecule has 0 spiro atoms. The summed E-state index contributed by atoms with van der Waals surface area (Å²) in [5, 5.41) is 11.5. The highest BCUT2D eigenvalue weighted by molar-refractivity contribution is 7.12. The van der Waals surface area contributed by atoms with Crippen molar-refractivity contribution < 1.29 is 4.79 Å². The lowest BCUT2D eigenvalue weighted by atomic mass is 10.2. The molecule has 7 heteroatoms. The summed E-state index contributed by atoms with van der Waals surface area (Å²) in [6.45, 7) is 9.75. The highest BCUT2D eigenvalue weighted by Gasteiger charge is 2.22. The Labute approximate surface area is 155 Å². The van der Waals surface area contributed by atoms with Gasteiger partial charge in [-0.3, -0.25) is 14.7 Å². The molecule has 1 aliphatic heterocycles. The summed E-state index contributed by atoms with van der Waals surface area (Å²) in [6, 6.07) is 4.31. The first-order chi connectivity index (χ1) is 12.2. The van der Waals surface area contributed by atoms with Gasteiger partial charge in [0.1, 0.15) is 0 Å². The summed E-state index contributed by atoms with van der Waals surface area (Å²) >= 11 is 1.47. The first-order valence-corrected chi connectivity index (χ1v) is 10.2. The van der Waals surface area contributed by atoms with Gasteiger partial charge < -0.3 is 16.0 Å². The van der Waals surface area contributed by atoms with E-state index >= 15 is 0 Å². The molecule has 1 atom stereocenters. The molecule has 1 fully saturated rings. The molecule has 25 heavy (non-hydrogen) atoms. The summed E-state index contributed by atoms with van der Waals surface area (Å²) in [5.74, 6) is 0.881. The number of likely N-dealkylation sites (N-methyl/N-ethyl adjacent to an activating group) is 1. The summed E-state index contributed by atoms with van der Waals surface area (Å²) < 4.78 is 0. The highest BCUT2D eigenvalue weighted by atomic mass is 32.1. The van der Waals surface area contributed by atoms with Crippen molar-refractivity contribution in [3.8, 4) is 0 Å². The zero-order valence-electron chi connectivity index (χ0n) is 15.4. The number of carbonyl (C=O) groups excluding carboxylic acids is 1. The molecule has 1 aliphatic rings. The molecule has 0 aliphatic carbocycles. The average molecular weight is 366 g/mol. The number of carbonyl (C=O) groups is 1. The van der Waals surface area contributed by atoms with E-state index in [9.17, 15) is 4.79 Å². The van der Waals surface area contributed by atoms with Crippen molar-refractivity contribution in [2.45, 2.75) is 39.2 Å². The Balaban J connectivity index is 1.66. The molecule has 1 aromatic heterocycles. The molecule has 1 aromatic rings. The molecular formula is C18H31N5OS. The number of nitrogens with one attached hydrogen (secondary N) is 3. The van der Waals surface area contributed by atoms with E-state index in [0.29, 0.717) is 12.6 Å². The van der Waals surface area contributed by atoms with Crippen molar-refractivity contribution in [1.29, 1.82) is 0 Å². The maximum atomic E-state index is 11.9. The number of thiophene rings is 1. The fourth-order valence-corrected chi connectivity index (χ4v) is 3.69. The molecule has 140 valence electrons. The molecule has 0 bridgehead atoms. The molecule has 1 saturated heterocycles. The minimum absolute atomic E-state index is 0.0106. The van der Waals surface area contributed by atoms with Gasteiger partial charge in [0.05, 0.1) is 11.4 Å². The quantitative estimate of drug-likeness (QED) is 0.355. The monoisotopic (exact) mass is 365 g/mol. The number of likely N-dealkylation sites (tertiary alicyclic amines) is 1. The summed E-state index contributed by atoms with van der Waals surface area (Å²) in [7, 11) is 0. The third kappa shape index (κ3) is 6.66. The lowest BCUT2D eigenvalue weighted by Crippen LogP contribution is -2.40. The second kappa shape index (κ2) is 11.1. The van der Waals surface area contributed by atoms with Gasteiger partial charge in [0.2, 0.25) is 0 Å². The average Bonchev–Trinajstić information content (AvgIpc) is 3.30. The SMILES string of the molecule is CCNC(=NCC1CCCN1CC)NCCCNC(=O)c1cccs1. The molecule has 6 nitrogen and oxygen atoms in total. The molecular weight excluding hydrogens is 334 g/mol. The summed E-state index contributed by atoms with van der Waals surface area (Å²) in [6.07, 6.45) is 3.39. The van der Waals surface area contributed by atoms with E-state index in [2.05, 4.69) is 34.7 Å². The van der Waals surface area contributed by atoms with Crippen molar-refractivity contribution in [2.75, 3.05) is 39.3 Å². The largest absolute Gasteiger partial charge is 0.357 e. The highest BCUT2D eigenvalue weighted by Crippen LogP contribution is 2.16. The molecule has 0 aromatic carbocycles. The standard InChI is InChI=1S/C18H31N5OS/c1-3-19-18(22-14-15-8-5-12-23(15)4-2)21-11-7-10-20-17(24)16-9-6-13-25-16/h6,9,13,15H,3-5,7-8,10-12,14H2,1-2H3,(H,20,24)(H2,19,21,22). The van der Waals surface area contributed by atoms with Crippen molar-refractivity contribution in [3.63, 3.8) is 0 Å². The van der Waals surface area contributed by atoms with Crippen LogP contribution < -0.4 is 16.0 Å². The van der Waals surface area contributed by atoms with Crippen LogP contribution in [-0.2, 0) is 0 Å². The number of amides is 1. The van der Waals surface area contributed by atoms with Crippen LogP contribution in [0.3, 0.4) is 0 Å². The van der Waals surface area contributed by atoms with Gasteiger partial charge in [0.15, 0.2) is 5.96 Å².